The first kappa shape index (κ1) is 14.9. The van der Waals surface area contributed by atoms with Gasteiger partial charge in [0.2, 0.25) is 0 Å². The Labute approximate surface area is 108 Å². The average Bonchev–Trinajstić information content (AvgIpc) is 2.28. The molecule has 18 heavy (non-hydrogen) atoms. The molecule has 0 aliphatic rings. The van der Waals surface area contributed by atoms with Crippen molar-refractivity contribution in [2.45, 2.75) is 19.1 Å². The molecule has 1 aromatic carbocycles. The van der Waals surface area contributed by atoms with E-state index in [-0.39, 0.29) is 11.6 Å². The van der Waals surface area contributed by atoms with Crippen molar-refractivity contribution in [3.8, 4) is 0 Å². The lowest BCUT2D eigenvalue weighted by Gasteiger charge is -2.16. The third-order valence-electron chi connectivity index (χ3n) is 2.27. The Balaban J connectivity index is 2.93. The van der Waals surface area contributed by atoms with Crippen LogP contribution in [0.15, 0.2) is 24.3 Å². The number of alkyl halides is 3. The summed E-state index contributed by atoms with van der Waals surface area (Å²) in [5, 5.41) is 2.55. The minimum atomic E-state index is -4.52. The van der Waals surface area contributed by atoms with E-state index in [4.69, 9.17) is 0 Å². The molecule has 0 bridgehead atoms. The van der Waals surface area contributed by atoms with Crippen LogP contribution >= 0.6 is 11.8 Å². The van der Waals surface area contributed by atoms with E-state index in [9.17, 15) is 18.0 Å². The quantitative estimate of drug-likeness (QED) is 0.915. The van der Waals surface area contributed by atoms with Crippen LogP contribution in [0.1, 0.15) is 22.8 Å². The van der Waals surface area contributed by atoms with E-state index in [1.54, 1.807) is 6.92 Å². The highest BCUT2D eigenvalue weighted by molar-refractivity contribution is 7.98. The largest absolute Gasteiger partial charge is 0.417 e. The molecule has 0 radical (unpaired) electrons. The lowest BCUT2D eigenvalue weighted by molar-refractivity contribution is -0.137. The van der Waals surface area contributed by atoms with Gasteiger partial charge in [0, 0.05) is 11.8 Å². The molecule has 1 amide bonds. The predicted octanol–water partition coefficient (Wildman–Crippen LogP) is 3.19. The van der Waals surface area contributed by atoms with Crippen LogP contribution in [-0.4, -0.2) is 24.0 Å². The summed E-state index contributed by atoms with van der Waals surface area (Å²) in [4.78, 5) is 11.8. The Morgan fingerprint density at radius 3 is 2.56 bits per heavy atom. The summed E-state index contributed by atoms with van der Waals surface area (Å²) in [6.45, 7) is 1.75. The highest BCUT2D eigenvalue weighted by atomic mass is 32.2. The number of nitrogens with one attached hydrogen (secondary N) is 1. The first-order valence-corrected chi connectivity index (χ1v) is 6.71. The Bertz CT molecular complexity index is 420. The number of carbonyl (C=O) groups excluding carboxylic acids is 1. The van der Waals surface area contributed by atoms with Crippen LogP contribution < -0.4 is 5.32 Å². The van der Waals surface area contributed by atoms with Crippen molar-refractivity contribution < 1.29 is 18.0 Å². The fourth-order valence-corrected chi connectivity index (χ4v) is 2.10. The summed E-state index contributed by atoms with van der Waals surface area (Å²) in [6, 6.07) is 4.61. The van der Waals surface area contributed by atoms with Gasteiger partial charge in [-0.2, -0.15) is 24.9 Å². The summed E-state index contributed by atoms with van der Waals surface area (Å²) in [5.41, 5.74) is -1.24. The topological polar surface area (TPSA) is 29.1 Å². The zero-order chi connectivity index (χ0) is 13.8. The summed E-state index contributed by atoms with van der Waals surface area (Å²) >= 11 is 1.52. The van der Waals surface area contributed by atoms with E-state index in [0.717, 1.165) is 6.07 Å². The second kappa shape index (κ2) is 6.13. The molecule has 1 rings (SSSR count). The van der Waals surface area contributed by atoms with E-state index in [0.29, 0.717) is 5.75 Å². The fraction of sp³-hybridized carbons (Fsp3) is 0.417. The third kappa shape index (κ3) is 3.94. The van der Waals surface area contributed by atoms with E-state index in [2.05, 4.69) is 5.32 Å². The molecule has 6 heteroatoms. The molecule has 0 aromatic heterocycles. The second-order valence-electron chi connectivity index (χ2n) is 3.87. The van der Waals surface area contributed by atoms with Gasteiger partial charge < -0.3 is 5.32 Å². The number of rotatable bonds is 4. The molecule has 0 aliphatic heterocycles. The molecule has 0 saturated heterocycles. The van der Waals surface area contributed by atoms with E-state index < -0.39 is 17.6 Å². The maximum Gasteiger partial charge on any atom is 0.417 e. The molecule has 0 spiro atoms. The van der Waals surface area contributed by atoms with E-state index >= 15 is 0 Å². The number of thioether (sulfide) groups is 1. The molecule has 0 aliphatic carbocycles. The van der Waals surface area contributed by atoms with Gasteiger partial charge in [-0.15, -0.1) is 0 Å². The van der Waals surface area contributed by atoms with Crippen molar-refractivity contribution in [1.29, 1.82) is 0 Å². The monoisotopic (exact) mass is 277 g/mol. The van der Waals surface area contributed by atoms with Crippen molar-refractivity contribution in [3.05, 3.63) is 35.4 Å². The number of amides is 1. The summed E-state index contributed by atoms with van der Waals surface area (Å²) in [7, 11) is 0. The van der Waals surface area contributed by atoms with Crippen molar-refractivity contribution in [2.75, 3.05) is 12.0 Å². The summed E-state index contributed by atoms with van der Waals surface area (Å²) in [5.74, 6) is -0.0376. The lowest BCUT2D eigenvalue weighted by Crippen LogP contribution is -2.35. The van der Waals surface area contributed by atoms with Crippen LogP contribution in [0.4, 0.5) is 13.2 Å². The van der Waals surface area contributed by atoms with Gasteiger partial charge in [0.05, 0.1) is 11.1 Å². The Morgan fingerprint density at radius 2 is 2.00 bits per heavy atom. The van der Waals surface area contributed by atoms with E-state index in [1.165, 1.54) is 30.0 Å². The van der Waals surface area contributed by atoms with Gasteiger partial charge in [-0.3, -0.25) is 4.79 Å². The molecule has 1 aromatic rings. The third-order valence-corrected chi connectivity index (χ3v) is 3.10. The first-order valence-electron chi connectivity index (χ1n) is 5.32. The number of carbonyl (C=O) groups is 1. The molecule has 0 heterocycles. The number of hydrogen-bond acceptors (Lipinski definition) is 2. The van der Waals surface area contributed by atoms with Gasteiger partial charge in [-0.1, -0.05) is 12.1 Å². The highest BCUT2D eigenvalue weighted by Crippen LogP contribution is 2.31. The van der Waals surface area contributed by atoms with Crippen LogP contribution in [0, 0.1) is 0 Å². The molecule has 1 N–H and O–H groups in total. The molecule has 0 unspecified atom stereocenters. The zero-order valence-corrected chi connectivity index (χ0v) is 10.9. The number of hydrogen-bond donors (Lipinski definition) is 1. The van der Waals surface area contributed by atoms with Crippen LogP contribution in [0.2, 0.25) is 0 Å². The Hall–Kier alpha value is -1.17. The first-order chi connectivity index (χ1) is 8.36. The maximum absolute atomic E-state index is 12.7. The standard InChI is InChI=1S/C12H14F3NOS/c1-8(7-18-2)16-11(17)9-5-3-4-6-10(9)12(13,14)15/h3-6,8H,7H2,1-2H3,(H,16,17)/t8-/m0/s1. The van der Waals surface area contributed by atoms with Crippen LogP contribution in [-0.2, 0) is 6.18 Å². The van der Waals surface area contributed by atoms with Gasteiger partial charge in [-0.25, -0.2) is 0 Å². The molecular weight excluding hydrogens is 263 g/mol. The summed E-state index contributed by atoms with van der Waals surface area (Å²) in [6.07, 6.45) is -2.65. The van der Waals surface area contributed by atoms with Crippen LogP contribution in [0.25, 0.3) is 0 Å². The van der Waals surface area contributed by atoms with Crippen LogP contribution in [0.3, 0.4) is 0 Å². The van der Waals surface area contributed by atoms with Crippen LogP contribution in [0.5, 0.6) is 0 Å². The minimum Gasteiger partial charge on any atom is -0.349 e. The van der Waals surface area contributed by atoms with Gasteiger partial charge in [-0.05, 0) is 25.3 Å². The van der Waals surface area contributed by atoms with Gasteiger partial charge in [0.1, 0.15) is 0 Å². The lowest BCUT2D eigenvalue weighted by atomic mass is 10.1. The SMILES string of the molecule is CSC[C@H](C)NC(=O)c1ccccc1C(F)(F)F. The molecule has 1 atom stereocenters. The van der Waals surface area contributed by atoms with Gasteiger partial charge >= 0.3 is 6.18 Å². The molecule has 100 valence electrons. The maximum atomic E-state index is 12.7. The van der Waals surface area contributed by atoms with Crippen molar-refractivity contribution in [2.24, 2.45) is 0 Å². The summed E-state index contributed by atoms with van der Waals surface area (Å²) < 4.78 is 38.1. The van der Waals surface area contributed by atoms with Crippen molar-refractivity contribution >= 4 is 17.7 Å². The smallest absolute Gasteiger partial charge is 0.349 e. The predicted molar refractivity (Wildman–Crippen MR) is 66.8 cm³/mol. The normalized spacial score (nSPS) is 13.2. The zero-order valence-electron chi connectivity index (χ0n) is 10.0. The van der Waals surface area contributed by atoms with E-state index in [1.807, 2.05) is 6.26 Å². The van der Waals surface area contributed by atoms with Crippen molar-refractivity contribution in [1.82, 2.24) is 5.32 Å². The van der Waals surface area contributed by atoms with Gasteiger partial charge in [0.25, 0.3) is 5.91 Å². The van der Waals surface area contributed by atoms with Crippen molar-refractivity contribution in [3.63, 3.8) is 0 Å². The number of halogens is 3. The van der Waals surface area contributed by atoms with Gasteiger partial charge in [0.15, 0.2) is 0 Å². The fourth-order valence-electron chi connectivity index (χ4n) is 1.52. The number of benzene rings is 1. The molecule has 2 nitrogen and oxygen atoms in total. The molecular formula is C12H14F3NOS. The highest BCUT2D eigenvalue weighted by Gasteiger charge is 2.34. The molecule has 0 fully saturated rings. The minimum absolute atomic E-state index is 0.172. The Kier molecular flexibility index (Phi) is 5.07. The average molecular weight is 277 g/mol. The second-order valence-corrected chi connectivity index (χ2v) is 4.78. The Morgan fingerprint density at radius 1 is 1.39 bits per heavy atom. The molecule has 0 saturated carbocycles.